The first-order valence-corrected chi connectivity index (χ1v) is 6.80. The molecular weight excluding hydrogens is 256 g/mol. The molecule has 1 aromatic carbocycles. The molecule has 0 fully saturated rings. The molecule has 1 N–H and O–H groups in total. The van der Waals surface area contributed by atoms with Crippen LogP contribution in [0.4, 0.5) is 16.2 Å². The van der Waals surface area contributed by atoms with Crippen molar-refractivity contribution in [1.82, 2.24) is 0 Å². The molecule has 1 aliphatic rings. The first kappa shape index (κ1) is 14.4. The Balaban J connectivity index is 2.09. The summed E-state index contributed by atoms with van der Waals surface area (Å²) in [5.41, 5.74) is 2.65. The summed E-state index contributed by atoms with van der Waals surface area (Å²) in [5, 5.41) is 2.82. The van der Waals surface area contributed by atoms with Crippen LogP contribution in [-0.2, 0) is 16.0 Å². The Bertz CT molecular complexity index is 526. The summed E-state index contributed by atoms with van der Waals surface area (Å²) in [4.78, 5) is 24.7. The van der Waals surface area contributed by atoms with Gasteiger partial charge in [0, 0.05) is 24.8 Å². The number of nitrogens with zero attached hydrogens (tertiary/aromatic N) is 1. The van der Waals surface area contributed by atoms with Crippen LogP contribution >= 0.6 is 0 Å². The van der Waals surface area contributed by atoms with Gasteiger partial charge in [-0.2, -0.15) is 0 Å². The van der Waals surface area contributed by atoms with Gasteiger partial charge in [-0.05, 0) is 36.1 Å². The van der Waals surface area contributed by atoms with E-state index in [4.69, 9.17) is 4.74 Å². The van der Waals surface area contributed by atoms with Crippen molar-refractivity contribution in [2.45, 2.75) is 26.7 Å². The Hall–Kier alpha value is -2.04. The molecule has 0 unspecified atom stereocenters. The third-order valence-corrected chi connectivity index (χ3v) is 3.19. The number of nitrogens with one attached hydrogen (secondary N) is 1. The zero-order valence-corrected chi connectivity index (χ0v) is 12.1. The van der Waals surface area contributed by atoms with E-state index in [1.54, 1.807) is 13.1 Å². The summed E-state index contributed by atoms with van der Waals surface area (Å²) in [6.07, 6.45) is 0.820. The Morgan fingerprint density at radius 1 is 1.40 bits per heavy atom. The lowest BCUT2D eigenvalue weighted by Crippen LogP contribution is -2.28. The molecule has 1 aromatic rings. The van der Waals surface area contributed by atoms with E-state index in [1.807, 2.05) is 26.0 Å². The second-order valence-corrected chi connectivity index (χ2v) is 5.42. The molecule has 2 amide bonds. The molecule has 20 heavy (non-hydrogen) atoms. The van der Waals surface area contributed by atoms with E-state index in [2.05, 4.69) is 5.32 Å². The largest absolute Gasteiger partial charge is 0.449 e. The average Bonchev–Trinajstić information content (AvgIpc) is 2.43. The lowest BCUT2D eigenvalue weighted by Gasteiger charge is -2.22. The summed E-state index contributed by atoms with van der Waals surface area (Å²) in [7, 11) is 1.69. The van der Waals surface area contributed by atoms with Crippen LogP contribution in [0.1, 0.15) is 25.8 Å². The summed E-state index contributed by atoms with van der Waals surface area (Å²) >= 11 is 0. The van der Waals surface area contributed by atoms with Gasteiger partial charge in [-0.1, -0.05) is 13.8 Å². The smallest absolute Gasteiger partial charge is 0.414 e. The number of rotatable bonds is 3. The van der Waals surface area contributed by atoms with Crippen molar-refractivity contribution in [2.24, 2.45) is 5.92 Å². The Morgan fingerprint density at radius 2 is 2.15 bits per heavy atom. The summed E-state index contributed by atoms with van der Waals surface area (Å²) in [5.74, 6) is 0.348. The van der Waals surface area contributed by atoms with E-state index in [0.29, 0.717) is 25.4 Å². The minimum absolute atomic E-state index is 0.0370. The maximum Gasteiger partial charge on any atom is 0.414 e. The van der Waals surface area contributed by atoms with Crippen molar-refractivity contribution >= 4 is 23.4 Å². The third-order valence-electron chi connectivity index (χ3n) is 3.19. The number of fused-ring (bicyclic) bond motifs is 1. The lowest BCUT2D eigenvalue weighted by molar-refractivity contribution is -0.116. The highest BCUT2D eigenvalue weighted by Gasteiger charge is 2.18. The number of hydrogen-bond acceptors (Lipinski definition) is 3. The van der Waals surface area contributed by atoms with Gasteiger partial charge >= 0.3 is 6.09 Å². The molecule has 0 spiro atoms. The van der Waals surface area contributed by atoms with Crippen LogP contribution in [0.2, 0.25) is 0 Å². The van der Waals surface area contributed by atoms with Crippen molar-refractivity contribution in [2.75, 3.05) is 23.9 Å². The maximum atomic E-state index is 11.9. The second-order valence-electron chi connectivity index (χ2n) is 5.42. The van der Waals surface area contributed by atoms with Gasteiger partial charge in [-0.15, -0.1) is 0 Å². The van der Waals surface area contributed by atoms with Crippen LogP contribution in [0.15, 0.2) is 18.2 Å². The van der Waals surface area contributed by atoms with Crippen LogP contribution in [0, 0.1) is 5.92 Å². The molecule has 5 nitrogen and oxygen atoms in total. The molecule has 0 aromatic heterocycles. The fourth-order valence-corrected chi connectivity index (χ4v) is 2.02. The molecule has 0 bridgehead atoms. The Morgan fingerprint density at radius 3 is 2.85 bits per heavy atom. The van der Waals surface area contributed by atoms with Crippen molar-refractivity contribution in [3.63, 3.8) is 0 Å². The second kappa shape index (κ2) is 5.94. The molecule has 1 aliphatic heterocycles. The standard InChI is InChI=1S/C15H20N2O3/c1-10(2)9-20-15(19)17(3)12-5-6-13-11(8-12)4-7-14(18)16-13/h5-6,8,10H,4,7,9H2,1-3H3,(H,16,18). The van der Waals surface area contributed by atoms with E-state index < -0.39 is 0 Å². The highest BCUT2D eigenvalue weighted by atomic mass is 16.6. The first-order chi connectivity index (χ1) is 9.47. The minimum Gasteiger partial charge on any atom is -0.449 e. The monoisotopic (exact) mass is 276 g/mol. The third kappa shape index (κ3) is 3.29. The van der Waals surface area contributed by atoms with E-state index in [0.717, 1.165) is 16.9 Å². The summed E-state index contributed by atoms with van der Waals surface area (Å²) < 4.78 is 5.20. The molecule has 1 heterocycles. The van der Waals surface area contributed by atoms with Gasteiger partial charge in [-0.25, -0.2) is 4.79 Å². The van der Waals surface area contributed by atoms with Crippen molar-refractivity contribution in [1.29, 1.82) is 0 Å². The molecule has 0 radical (unpaired) electrons. The molecule has 0 saturated heterocycles. The molecular formula is C15H20N2O3. The van der Waals surface area contributed by atoms with E-state index in [-0.39, 0.29) is 12.0 Å². The number of aryl methyl sites for hydroxylation is 1. The molecule has 0 atom stereocenters. The van der Waals surface area contributed by atoms with Crippen LogP contribution in [0.3, 0.4) is 0 Å². The highest BCUT2D eigenvalue weighted by Crippen LogP contribution is 2.27. The maximum absolute atomic E-state index is 11.9. The molecule has 2 rings (SSSR count). The van der Waals surface area contributed by atoms with Gasteiger partial charge < -0.3 is 10.1 Å². The molecule has 108 valence electrons. The van der Waals surface area contributed by atoms with Crippen molar-refractivity contribution in [3.8, 4) is 0 Å². The van der Waals surface area contributed by atoms with Gasteiger partial charge in [0.05, 0.1) is 6.61 Å². The van der Waals surface area contributed by atoms with Crippen molar-refractivity contribution < 1.29 is 14.3 Å². The molecule has 0 saturated carbocycles. The van der Waals surface area contributed by atoms with Crippen LogP contribution in [-0.4, -0.2) is 25.7 Å². The van der Waals surface area contributed by atoms with E-state index in [9.17, 15) is 9.59 Å². The molecule has 5 heteroatoms. The number of anilines is 2. The van der Waals surface area contributed by atoms with E-state index in [1.165, 1.54) is 4.90 Å². The average molecular weight is 276 g/mol. The first-order valence-electron chi connectivity index (χ1n) is 6.80. The number of amides is 2. The van der Waals surface area contributed by atoms with Gasteiger partial charge in [0.15, 0.2) is 0 Å². The predicted molar refractivity (Wildman–Crippen MR) is 78.0 cm³/mol. The number of carbonyl (C=O) groups is 2. The predicted octanol–water partition coefficient (Wildman–Crippen LogP) is 2.80. The SMILES string of the molecule is CC(C)COC(=O)N(C)c1ccc2c(c1)CCC(=O)N2. The van der Waals surface area contributed by atoms with Crippen molar-refractivity contribution in [3.05, 3.63) is 23.8 Å². The minimum atomic E-state index is -0.363. The zero-order chi connectivity index (χ0) is 14.7. The number of benzene rings is 1. The summed E-state index contributed by atoms with van der Waals surface area (Å²) in [6, 6.07) is 5.56. The normalized spacial score (nSPS) is 13.7. The van der Waals surface area contributed by atoms with Crippen LogP contribution in [0.5, 0.6) is 0 Å². The Labute approximate surface area is 118 Å². The fraction of sp³-hybridized carbons (Fsp3) is 0.467. The fourth-order valence-electron chi connectivity index (χ4n) is 2.02. The highest BCUT2D eigenvalue weighted by molar-refractivity contribution is 5.95. The zero-order valence-electron chi connectivity index (χ0n) is 12.1. The quantitative estimate of drug-likeness (QED) is 0.923. The van der Waals surface area contributed by atoms with Gasteiger partial charge in [0.1, 0.15) is 0 Å². The summed E-state index contributed by atoms with van der Waals surface area (Å²) in [6.45, 7) is 4.40. The van der Waals surface area contributed by atoms with Gasteiger partial charge in [-0.3, -0.25) is 9.69 Å². The van der Waals surface area contributed by atoms with Gasteiger partial charge in [0.25, 0.3) is 0 Å². The number of carbonyl (C=O) groups excluding carboxylic acids is 2. The molecule has 0 aliphatic carbocycles. The Kier molecular flexibility index (Phi) is 4.27. The van der Waals surface area contributed by atoms with Gasteiger partial charge in [0.2, 0.25) is 5.91 Å². The number of ether oxygens (including phenoxy) is 1. The van der Waals surface area contributed by atoms with E-state index >= 15 is 0 Å². The lowest BCUT2D eigenvalue weighted by atomic mass is 10.0. The van der Waals surface area contributed by atoms with Crippen LogP contribution < -0.4 is 10.2 Å². The topological polar surface area (TPSA) is 58.6 Å². The van der Waals surface area contributed by atoms with Crippen LogP contribution in [0.25, 0.3) is 0 Å². The number of hydrogen-bond donors (Lipinski definition) is 1.